The van der Waals surface area contributed by atoms with E-state index in [0.29, 0.717) is 11.3 Å². The van der Waals surface area contributed by atoms with Gasteiger partial charge in [0.2, 0.25) is 5.91 Å². The summed E-state index contributed by atoms with van der Waals surface area (Å²) in [5, 5.41) is 13.1. The zero-order valence-corrected chi connectivity index (χ0v) is 9.52. The molecule has 90 valence electrons. The summed E-state index contributed by atoms with van der Waals surface area (Å²) in [6.07, 6.45) is -0.234. The highest BCUT2D eigenvalue weighted by Gasteiger charge is 2.15. The number of rotatable bonds is 4. The fourth-order valence-electron chi connectivity index (χ4n) is 1.38. The second kappa shape index (κ2) is 5.20. The van der Waals surface area contributed by atoms with Crippen molar-refractivity contribution < 1.29 is 14.5 Å². The minimum Gasteiger partial charge on any atom is -0.325 e. The maximum atomic E-state index is 11.4. The highest BCUT2D eigenvalue weighted by molar-refractivity contribution is 6.03. The van der Waals surface area contributed by atoms with Gasteiger partial charge in [0.15, 0.2) is 0 Å². The van der Waals surface area contributed by atoms with Crippen LogP contribution in [0.3, 0.4) is 0 Å². The summed E-state index contributed by atoms with van der Waals surface area (Å²) < 4.78 is 0. The average Bonchev–Trinajstić information content (AvgIpc) is 2.19. The molecule has 0 atom stereocenters. The Morgan fingerprint density at radius 1 is 1.41 bits per heavy atom. The van der Waals surface area contributed by atoms with Crippen LogP contribution in [0.1, 0.15) is 18.9 Å². The van der Waals surface area contributed by atoms with E-state index in [0.717, 1.165) is 0 Å². The zero-order valence-electron chi connectivity index (χ0n) is 9.52. The Labute approximate surface area is 97.8 Å². The molecule has 0 spiro atoms. The van der Waals surface area contributed by atoms with Gasteiger partial charge in [-0.15, -0.1) is 0 Å². The summed E-state index contributed by atoms with van der Waals surface area (Å²) in [7, 11) is 0. The molecule has 6 heteroatoms. The van der Waals surface area contributed by atoms with Gasteiger partial charge in [-0.2, -0.15) is 0 Å². The number of hydrogen-bond donors (Lipinski definition) is 1. The van der Waals surface area contributed by atoms with Gasteiger partial charge < -0.3 is 5.32 Å². The second-order valence-electron chi connectivity index (χ2n) is 3.63. The van der Waals surface area contributed by atoms with Gasteiger partial charge >= 0.3 is 0 Å². The van der Waals surface area contributed by atoms with E-state index in [4.69, 9.17) is 0 Å². The van der Waals surface area contributed by atoms with Gasteiger partial charge in [0.25, 0.3) is 5.69 Å². The molecule has 0 saturated carbocycles. The van der Waals surface area contributed by atoms with Crippen molar-refractivity contribution >= 4 is 23.1 Å². The predicted octanol–water partition coefficient (Wildman–Crippen LogP) is 1.82. The summed E-state index contributed by atoms with van der Waals surface area (Å²) >= 11 is 0. The van der Waals surface area contributed by atoms with E-state index in [1.165, 1.54) is 19.1 Å². The third-order valence-electron chi connectivity index (χ3n) is 2.19. The number of nitrogens with one attached hydrogen (secondary N) is 1. The van der Waals surface area contributed by atoms with E-state index >= 15 is 0 Å². The summed E-state index contributed by atoms with van der Waals surface area (Å²) in [5.74, 6) is -0.730. The van der Waals surface area contributed by atoms with Gasteiger partial charge in [0.05, 0.1) is 22.6 Å². The number of amides is 1. The summed E-state index contributed by atoms with van der Waals surface area (Å²) in [5.41, 5.74) is 0.658. The molecule has 0 radical (unpaired) electrons. The molecule has 0 aliphatic carbocycles. The molecule has 0 saturated heterocycles. The van der Waals surface area contributed by atoms with E-state index < -0.39 is 10.8 Å². The number of carbonyl (C=O) groups excluding carboxylic acids is 2. The fourth-order valence-corrected chi connectivity index (χ4v) is 1.38. The van der Waals surface area contributed by atoms with Gasteiger partial charge in [0, 0.05) is 6.07 Å². The molecule has 1 N–H and O–H groups in total. The van der Waals surface area contributed by atoms with E-state index in [9.17, 15) is 19.7 Å². The van der Waals surface area contributed by atoms with Gasteiger partial charge in [-0.25, -0.2) is 0 Å². The Balaban J connectivity index is 2.92. The third-order valence-corrected chi connectivity index (χ3v) is 2.19. The minimum absolute atomic E-state index is 0.0642. The molecular formula is C11H12N2O4. The van der Waals surface area contributed by atoms with Crippen molar-refractivity contribution in [3.8, 4) is 0 Å². The van der Waals surface area contributed by atoms with Crippen LogP contribution in [0.2, 0.25) is 0 Å². The molecular weight excluding hydrogens is 224 g/mol. The van der Waals surface area contributed by atoms with E-state index in [1.54, 1.807) is 13.0 Å². The van der Waals surface area contributed by atoms with Crippen molar-refractivity contribution in [3.63, 3.8) is 0 Å². The van der Waals surface area contributed by atoms with Gasteiger partial charge in [0.1, 0.15) is 5.78 Å². The van der Waals surface area contributed by atoms with Crippen molar-refractivity contribution in [1.29, 1.82) is 0 Å². The summed E-state index contributed by atoms with van der Waals surface area (Å²) in [6, 6.07) is 4.39. The van der Waals surface area contributed by atoms with Crippen LogP contribution < -0.4 is 5.32 Å². The van der Waals surface area contributed by atoms with Crippen molar-refractivity contribution in [2.75, 3.05) is 5.32 Å². The molecule has 1 aromatic carbocycles. The third kappa shape index (κ3) is 3.37. The first-order valence-corrected chi connectivity index (χ1v) is 4.95. The Hall–Kier alpha value is -2.24. The Morgan fingerprint density at radius 3 is 2.59 bits per heavy atom. The number of hydrogen-bond acceptors (Lipinski definition) is 4. The smallest absolute Gasteiger partial charge is 0.274 e. The average molecular weight is 236 g/mol. The number of nitro benzene ring substituents is 1. The molecule has 0 aromatic heterocycles. The number of anilines is 1. The lowest BCUT2D eigenvalue weighted by atomic mass is 10.1. The maximum absolute atomic E-state index is 11.4. The molecule has 6 nitrogen and oxygen atoms in total. The van der Waals surface area contributed by atoms with Crippen LogP contribution in [-0.4, -0.2) is 16.6 Å². The van der Waals surface area contributed by atoms with Crippen LogP contribution in [-0.2, 0) is 9.59 Å². The van der Waals surface area contributed by atoms with Crippen molar-refractivity contribution in [2.45, 2.75) is 20.3 Å². The highest BCUT2D eigenvalue weighted by Crippen LogP contribution is 2.24. The first-order chi connectivity index (χ1) is 7.91. The first-order valence-electron chi connectivity index (χ1n) is 4.95. The topological polar surface area (TPSA) is 89.3 Å². The minimum atomic E-state index is -0.518. The lowest BCUT2D eigenvalue weighted by Gasteiger charge is -2.07. The van der Waals surface area contributed by atoms with E-state index in [2.05, 4.69) is 5.32 Å². The molecule has 17 heavy (non-hydrogen) atoms. The van der Waals surface area contributed by atoms with Crippen molar-refractivity contribution in [1.82, 2.24) is 0 Å². The maximum Gasteiger partial charge on any atom is 0.274 e. The van der Waals surface area contributed by atoms with Gasteiger partial charge in [-0.1, -0.05) is 6.07 Å². The number of nitro groups is 1. The van der Waals surface area contributed by atoms with Crippen molar-refractivity contribution in [3.05, 3.63) is 33.9 Å². The standard InChI is InChI=1S/C11H12N2O4/c1-7(14)6-11(15)12-9-4-3-5-10(8(9)2)13(16)17/h3-5H,6H2,1-2H3,(H,12,15). The molecule has 0 aliphatic rings. The number of benzene rings is 1. The summed E-state index contributed by atoms with van der Waals surface area (Å²) in [4.78, 5) is 32.2. The SMILES string of the molecule is CC(=O)CC(=O)Nc1cccc([N+](=O)[O-])c1C. The van der Waals surface area contributed by atoms with Crippen LogP contribution in [0.25, 0.3) is 0 Å². The van der Waals surface area contributed by atoms with Crippen LogP contribution in [0.4, 0.5) is 11.4 Å². The summed E-state index contributed by atoms with van der Waals surface area (Å²) in [6.45, 7) is 2.85. The number of ketones is 1. The molecule has 0 fully saturated rings. The molecule has 0 heterocycles. The second-order valence-corrected chi connectivity index (χ2v) is 3.63. The van der Waals surface area contributed by atoms with Crippen LogP contribution >= 0.6 is 0 Å². The number of carbonyl (C=O) groups is 2. The van der Waals surface area contributed by atoms with E-state index in [1.807, 2.05) is 0 Å². The number of nitrogens with zero attached hydrogens (tertiary/aromatic N) is 1. The Morgan fingerprint density at radius 2 is 2.06 bits per heavy atom. The quantitative estimate of drug-likeness (QED) is 0.490. The number of Topliss-reactive ketones (excluding diaryl/α,β-unsaturated/α-hetero) is 1. The largest absolute Gasteiger partial charge is 0.325 e. The lowest BCUT2D eigenvalue weighted by molar-refractivity contribution is -0.385. The van der Waals surface area contributed by atoms with Gasteiger partial charge in [-0.3, -0.25) is 19.7 Å². The van der Waals surface area contributed by atoms with E-state index in [-0.39, 0.29) is 17.9 Å². The van der Waals surface area contributed by atoms with Crippen molar-refractivity contribution in [2.24, 2.45) is 0 Å². The van der Waals surface area contributed by atoms with Gasteiger partial charge in [-0.05, 0) is 19.9 Å². The zero-order chi connectivity index (χ0) is 13.0. The Bertz CT molecular complexity index is 482. The van der Waals surface area contributed by atoms with Crippen LogP contribution in [0.15, 0.2) is 18.2 Å². The Kier molecular flexibility index (Phi) is 3.92. The van der Waals surface area contributed by atoms with Crippen LogP contribution in [0.5, 0.6) is 0 Å². The van der Waals surface area contributed by atoms with Crippen LogP contribution in [0, 0.1) is 17.0 Å². The highest BCUT2D eigenvalue weighted by atomic mass is 16.6. The molecule has 0 unspecified atom stereocenters. The monoisotopic (exact) mass is 236 g/mol. The molecule has 1 aromatic rings. The fraction of sp³-hybridized carbons (Fsp3) is 0.273. The molecule has 0 bridgehead atoms. The molecule has 1 rings (SSSR count). The molecule has 1 amide bonds. The first kappa shape index (κ1) is 12.8. The molecule has 0 aliphatic heterocycles. The normalized spacial score (nSPS) is 9.76. The lowest BCUT2D eigenvalue weighted by Crippen LogP contribution is -2.15. The predicted molar refractivity (Wildman–Crippen MR) is 61.8 cm³/mol.